The van der Waals surface area contributed by atoms with Crippen LogP contribution in [0.15, 0.2) is 42.5 Å². The predicted molar refractivity (Wildman–Crippen MR) is 133 cm³/mol. The molecule has 5 rings (SSSR count). The van der Waals surface area contributed by atoms with Crippen molar-refractivity contribution in [1.29, 1.82) is 0 Å². The first kappa shape index (κ1) is 22.6. The average Bonchev–Trinajstić information content (AvgIpc) is 3.17. The fourth-order valence-corrected chi connectivity index (χ4v) is 5.77. The fraction of sp³-hybridized carbons (Fsp3) is 0.500. The number of rotatable bonds is 5. The number of benzene rings is 2. The molecule has 0 bridgehead atoms. The van der Waals surface area contributed by atoms with Crippen LogP contribution in [0.1, 0.15) is 31.7 Å². The molecule has 0 unspecified atom stereocenters. The summed E-state index contributed by atoms with van der Waals surface area (Å²) in [5.41, 5.74) is 2.99. The Morgan fingerprint density at radius 1 is 1.06 bits per heavy atom. The molecule has 2 aliphatic heterocycles. The number of likely N-dealkylation sites (tertiary alicyclic amines) is 1. The monoisotopic (exact) mass is 469 g/mol. The first-order valence-corrected chi connectivity index (χ1v) is 12.5. The van der Waals surface area contributed by atoms with E-state index in [1.807, 2.05) is 6.07 Å². The summed E-state index contributed by atoms with van der Waals surface area (Å²) in [4.78, 5) is 12.5. The van der Waals surface area contributed by atoms with Crippen LogP contribution in [0.3, 0.4) is 0 Å². The molecule has 2 saturated heterocycles. The number of hydrogen-bond acceptors (Lipinski definition) is 4. The topological polar surface area (TPSA) is 27.5 Å². The molecule has 0 amide bonds. The molecule has 1 atom stereocenters. The van der Waals surface area contributed by atoms with Crippen molar-refractivity contribution in [3.05, 3.63) is 58.9 Å². The lowest BCUT2D eigenvalue weighted by molar-refractivity contribution is 0.0605. The van der Waals surface area contributed by atoms with Gasteiger partial charge in [-0.25, -0.2) is 9.37 Å². The Labute approximate surface area is 200 Å². The van der Waals surface area contributed by atoms with Crippen molar-refractivity contribution < 1.29 is 4.39 Å². The quantitative estimate of drug-likeness (QED) is 0.529. The highest BCUT2D eigenvalue weighted by molar-refractivity contribution is 6.30. The van der Waals surface area contributed by atoms with E-state index in [4.69, 9.17) is 16.6 Å². The molecular formula is C26H33ClFN5. The summed E-state index contributed by atoms with van der Waals surface area (Å²) in [5.74, 6) is 0.878. The summed E-state index contributed by atoms with van der Waals surface area (Å²) in [6.07, 6.45) is 3.41. The van der Waals surface area contributed by atoms with Crippen LogP contribution in [0.2, 0.25) is 5.02 Å². The maximum Gasteiger partial charge on any atom is 0.206 e. The molecule has 3 aromatic rings. The van der Waals surface area contributed by atoms with Gasteiger partial charge in [-0.3, -0.25) is 9.80 Å². The molecule has 0 radical (unpaired) electrons. The van der Waals surface area contributed by atoms with Crippen LogP contribution in [-0.4, -0.2) is 64.2 Å². The van der Waals surface area contributed by atoms with E-state index in [0.29, 0.717) is 23.7 Å². The van der Waals surface area contributed by atoms with E-state index in [2.05, 4.69) is 57.5 Å². The molecule has 0 spiro atoms. The summed E-state index contributed by atoms with van der Waals surface area (Å²) in [6.45, 7) is 8.07. The minimum atomic E-state index is -0.200. The van der Waals surface area contributed by atoms with E-state index in [9.17, 15) is 4.39 Å². The Hall–Kier alpha value is -2.15. The number of piperazine rings is 1. The van der Waals surface area contributed by atoms with Crippen LogP contribution in [0, 0.1) is 5.82 Å². The Kier molecular flexibility index (Phi) is 6.59. The first-order chi connectivity index (χ1) is 16.0. The minimum Gasteiger partial charge on any atom is -0.339 e. The van der Waals surface area contributed by atoms with Crippen LogP contribution in [0.4, 0.5) is 10.3 Å². The van der Waals surface area contributed by atoms with E-state index in [-0.39, 0.29) is 5.82 Å². The first-order valence-electron chi connectivity index (χ1n) is 12.1. The predicted octanol–water partition coefficient (Wildman–Crippen LogP) is 4.93. The van der Waals surface area contributed by atoms with Crippen molar-refractivity contribution in [2.75, 3.05) is 37.6 Å². The molecule has 176 valence electrons. The summed E-state index contributed by atoms with van der Waals surface area (Å²) < 4.78 is 16.4. The lowest BCUT2D eigenvalue weighted by atomic mass is 9.98. The number of nitrogens with zero attached hydrogens (tertiary/aromatic N) is 5. The number of fused-ring (bicyclic) bond motifs is 1. The van der Waals surface area contributed by atoms with Gasteiger partial charge in [0.15, 0.2) is 0 Å². The highest BCUT2D eigenvalue weighted by Crippen LogP contribution is 2.28. The van der Waals surface area contributed by atoms with Gasteiger partial charge >= 0.3 is 0 Å². The number of aromatic nitrogens is 2. The van der Waals surface area contributed by atoms with Crippen LogP contribution >= 0.6 is 11.6 Å². The number of imidazole rings is 1. The molecule has 2 fully saturated rings. The number of hydrogen-bond donors (Lipinski definition) is 0. The molecule has 3 heterocycles. The highest BCUT2D eigenvalue weighted by atomic mass is 35.5. The molecule has 33 heavy (non-hydrogen) atoms. The Morgan fingerprint density at radius 3 is 2.58 bits per heavy atom. The maximum absolute atomic E-state index is 14.2. The molecule has 5 nitrogen and oxygen atoms in total. The third-order valence-electron chi connectivity index (χ3n) is 7.48. The Morgan fingerprint density at radius 2 is 1.85 bits per heavy atom. The molecule has 0 saturated carbocycles. The van der Waals surface area contributed by atoms with Crippen LogP contribution < -0.4 is 4.90 Å². The van der Waals surface area contributed by atoms with Gasteiger partial charge < -0.3 is 9.47 Å². The second-order valence-electron chi connectivity index (χ2n) is 9.45. The summed E-state index contributed by atoms with van der Waals surface area (Å²) in [7, 11) is 2.12. The number of anilines is 1. The zero-order chi connectivity index (χ0) is 22.9. The van der Waals surface area contributed by atoms with Gasteiger partial charge in [0.1, 0.15) is 5.82 Å². The van der Waals surface area contributed by atoms with Gasteiger partial charge in [0, 0.05) is 55.9 Å². The van der Waals surface area contributed by atoms with Gasteiger partial charge in [-0.05, 0) is 56.6 Å². The van der Waals surface area contributed by atoms with Gasteiger partial charge in [-0.2, -0.15) is 0 Å². The molecule has 2 aromatic carbocycles. The zero-order valence-electron chi connectivity index (χ0n) is 19.6. The molecule has 2 aliphatic rings. The van der Waals surface area contributed by atoms with Gasteiger partial charge in [0.25, 0.3) is 0 Å². The average molecular weight is 470 g/mol. The van der Waals surface area contributed by atoms with Crippen LogP contribution in [-0.2, 0) is 13.6 Å². The summed E-state index contributed by atoms with van der Waals surface area (Å²) in [6, 6.07) is 14.5. The highest BCUT2D eigenvalue weighted by Gasteiger charge is 2.34. The van der Waals surface area contributed by atoms with Gasteiger partial charge in [0.05, 0.1) is 11.0 Å². The molecule has 7 heteroatoms. The minimum absolute atomic E-state index is 0.200. The number of halogens is 2. The molecule has 0 aliphatic carbocycles. The SMILES string of the molecule is CC[C@H]1CN(c2nc3ccccc3n2C)CCN1C1CCN(Cc2ccc(Cl)cc2F)CC1. The van der Waals surface area contributed by atoms with Crippen molar-refractivity contribution in [2.45, 2.75) is 44.8 Å². The number of para-hydroxylation sites is 2. The van der Waals surface area contributed by atoms with Gasteiger partial charge in [-0.1, -0.05) is 36.7 Å². The van der Waals surface area contributed by atoms with E-state index in [1.165, 1.54) is 11.6 Å². The van der Waals surface area contributed by atoms with Crippen molar-refractivity contribution in [2.24, 2.45) is 7.05 Å². The van der Waals surface area contributed by atoms with Crippen molar-refractivity contribution in [3.63, 3.8) is 0 Å². The number of piperidine rings is 1. The van der Waals surface area contributed by atoms with Crippen LogP contribution in [0.25, 0.3) is 11.0 Å². The van der Waals surface area contributed by atoms with E-state index in [1.54, 1.807) is 6.07 Å². The van der Waals surface area contributed by atoms with Gasteiger partial charge in [0.2, 0.25) is 5.95 Å². The second kappa shape index (κ2) is 9.61. The molecule has 1 aromatic heterocycles. The third kappa shape index (κ3) is 4.61. The van der Waals surface area contributed by atoms with Crippen molar-refractivity contribution in [3.8, 4) is 0 Å². The number of aryl methyl sites for hydroxylation is 1. The third-order valence-corrected chi connectivity index (χ3v) is 7.72. The van der Waals surface area contributed by atoms with Crippen LogP contribution in [0.5, 0.6) is 0 Å². The Balaban J connectivity index is 1.21. The summed E-state index contributed by atoms with van der Waals surface area (Å²) in [5, 5.41) is 0.457. The van der Waals surface area contributed by atoms with Crippen molar-refractivity contribution >= 4 is 28.6 Å². The fourth-order valence-electron chi connectivity index (χ4n) is 5.61. The lowest BCUT2D eigenvalue weighted by Gasteiger charge is -2.47. The normalized spacial score (nSPS) is 21.2. The van der Waals surface area contributed by atoms with Crippen molar-refractivity contribution in [1.82, 2.24) is 19.4 Å². The molecule has 0 N–H and O–H groups in total. The maximum atomic E-state index is 14.2. The van der Waals surface area contributed by atoms with E-state index < -0.39 is 0 Å². The summed E-state index contributed by atoms with van der Waals surface area (Å²) >= 11 is 5.90. The lowest BCUT2D eigenvalue weighted by Crippen LogP contribution is -2.58. The van der Waals surface area contributed by atoms with E-state index in [0.717, 1.165) is 69.0 Å². The second-order valence-corrected chi connectivity index (χ2v) is 9.88. The Bertz CT molecular complexity index is 1110. The smallest absolute Gasteiger partial charge is 0.206 e. The molecular weight excluding hydrogens is 437 g/mol. The largest absolute Gasteiger partial charge is 0.339 e. The standard InChI is InChI=1S/C26H33ClFN5/c1-3-21-18-32(26-29-24-6-4-5-7-25(24)30(26)2)14-15-33(21)22-10-12-31(13-11-22)17-19-8-9-20(27)16-23(19)28/h4-9,16,21-22H,3,10-15,17-18H2,1-2H3/t21-/m0/s1. The van der Waals surface area contributed by atoms with Gasteiger partial charge in [-0.15, -0.1) is 0 Å². The van der Waals surface area contributed by atoms with E-state index >= 15 is 0 Å². The zero-order valence-corrected chi connectivity index (χ0v) is 20.3.